The topological polar surface area (TPSA) is 50.4 Å². The molecule has 0 atom stereocenters. The first-order valence-electron chi connectivity index (χ1n) is 5.39. The van der Waals surface area contributed by atoms with Crippen molar-refractivity contribution in [2.45, 2.75) is 13.8 Å². The summed E-state index contributed by atoms with van der Waals surface area (Å²) in [6.07, 6.45) is 1.81. The summed E-state index contributed by atoms with van der Waals surface area (Å²) in [5.74, 6) is -0.131. The van der Waals surface area contributed by atoms with Crippen LogP contribution in [0.5, 0.6) is 5.75 Å². The predicted octanol–water partition coefficient (Wildman–Crippen LogP) is 3.57. The van der Waals surface area contributed by atoms with Crippen molar-refractivity contribution in [1.29, 1.82) is 0 Å². The molecule has 0 bridgehead atoms. The van der Waals surface area contributed by atoms with E-state index in [1.54, 1.807) is 0 Å². The van der Waals surface area contributed by atoms with E-state index in [-0.39, 0.29) is 28.3 Å². The summed E-state index contributed by atoms with van der Waals surface area (Å²) in [5, 5.41) is 0.906. The third-order valence-electron chi connectivity index (χ3n) is 2.14. The number of amides is 1. The minimum Gasteiger partial charge on any atom is -0.481 e. The molecule has 2 N–H and O–H groups in total. The average Bonchev–Trinajstić information content (AvgIpc) is 2.34. The van der Waals surface area contributed by atoms with Crippen LogP contribution in [-0.2, 0) is 4.79 Å². The lowest BCUT2D eigenvalue weighted by molar-refractivity contribution is -0.123. The summed E-state index contributed by atoms with van der Waals surface area (Å²) in [5.41, 5.74) is 5.98. The van der Waals surface area contributed by atoms with E-state index in [2.05, 4.69) is 10.9 Å². The molecule has 1 rings (SSSR count). The molecule has 0 heterocycles. The Labute approximate surface area is 126 Å². The SMILES string of the molecule is CC=C(C)NNC(=O)COc1c(Cl)cc(Cl)cc1Cl. The number of hydrazine groups is 1. The summed E-state index contributed by atoms with van der Waals surface area (Å²) >= 11 is 17.6. The van der Waals surface area contributed by atoms with Gasteiger partial charge < -0.3 is 10.2 Å². The van der Waals surface area contributed by atoms with Crippen LogP contribution in [0.2, 0.25) is 15.1 Å². The predicted molar refractivity (Wildman–Crippen MR) is 77.7 cm³/mol. The molecule has 4 nitrogen and oxygen atoms in total. The number of hydrogen-bond donors (Lipinski definition) is 2. The van der Waals surface area contributed by atoms with Gasteiger partial charge in [0.2, 0.25) is 0 Å². The number of ether oxygens (including phenoxy) is 1. The number of allylic oxidation sites excluding steroid dienone is 2. The van der Waals surface area contributed by atoms with Crippen LogP contribution in [0.4, 0.5) is 0 Å². The van der Waals surface area contributed by atoms with Crippen molar-refractivity contribution < 1.29 is 9.53 Å². The zero-order valence-electron chi connectivity index (χ0n) is 10.4. The maximum absolute atomic E-state index is 11.5. The summed E-state index contributed by atoms with van der Waals surface area (Å²) in [7, 11) is 0. The van der Waals surface area contributed by atoms with Gasteiger partial charge in [0.05, 0.1) is 10.0 Å². The van der Waals surface area contributed by atoms with Crippen LogP contribution in [0.1, 0.15) is 13.8 Å². The van der Waals surface area contributed by atoms with Gasteiger partial charge >= 0.3 is 0 Å². The molecular weight excluding hydrogens is 311 g/mol. The highest BCUT2D eigenvalue weighted by Crippen LogP contribution is 2.35. The normalized spacial score (nSPS) is 11.1. The van der Waals surface area contributed by atoms with E-state index < -0.39 is 0 Å². The van der Waals surface area contributed by atoms with E-state index in [1.165, 1.54) is 12.1 Å². The molecule has 0 fully saturated rings. The summed E-state index contributed by atoms with van der Waals surface area (Å²) in [6, 6.07) is 2.98. The van der Waals surface area contributed by atoms with Crippen molar-refractivity contribution in [3.63, 3.8) is 0 Å². The van der Waals surface area contributed by atoms with Crippen molar-refractivity contribution in [3.8, 4) is 5.75 Å². The van der Waals surface area contributed by atoms with E-state index >= 15 is 0 Å². The lowest BCUT2D eigenvalue weighted by atomic mass is 10.3. The van der Waals surface area contributed by atoms with Gasteiger partial charge in [0, 0.05) is 10.7 Å². The van der Waals surface area contributed by atoms with Gasteiger partial charge in [-0.3, -0.25) is 10.2 Å². The second kappa shape index (κ2) is 7.48. The Morgan fingerprint density at radius 3 is 2.37 bits per heavy atom. The number of carbonyl (C=O) groups is 1. The zero-order chi connectivity index (χ0) is 14.4. The minimum absolute atomic E-state index is 0.217. The zero-order valence-corrected chi connectivity index (χ0v) is 12.7. The molecule has 0 aliphatic carbocycles. The molecule has 0 saturated heterocycles. The van der Waals surface area contributed by atoms with Gasteiger partial charge in [-0.05, 0) is 26.0 Å². The van der Waals surface area contributed by atoms with E-state index in [4.69, 9.17) is 39.5 Å². The molecule has 0 aliphatic heterocycles. The third-order valence-corrected chi connectivity index (χ3v) is 2.92. The lowest BCUT2D eigenvalue weighted by Crippen LogP contribution is -2.39. The lowest BCUT2D eigenvalue weighted by Gasteiger charge is -2.11. The Morgan fingerprint density at radius 2 is 1.84 bits per heavy atom. The van der Waals surface area contributed by atoms with Gasteiger partial charge in [-0.25, -0.2) is 0 Å². The number of halogens is 3. The first-order chi connectivity index (χ1) is 8.93. The van der Waals surface area contributed by atoms with Gasteiger partial charge in [-0.1, -0.05) is 40.9 Å². The molecule has 0 aliphatic rings. The van der Waals surface area contributed by atoms with E-state index in [9.17, 15) is 4.79 Å². The fraction of sp³-hybridized carbons (Fsp3) is 0.250. The Hall–Kier alpha value is -1.10. The average molecular weight is 324 g/mol. The maximum Gasteiger partial charge on any atom is 0.276 e. The monoisotopic (exact) mass is 322 g/mol. The van der Waals surface area contributed by atoms with Gasteiger partial charge in [-0.2, -0.15) is 0 Å². The Balaban J connectivity index is 2.55. The maximum atomic E-state index is 11.5. The second-order valence-corrected chi connectivity index (χ2v) is 4.88. The largest absolute Gasteiger partial charge is 0.481 e. The third kappa shape index (κ3) is 5.19. The quantitative estimate of drug-likeness (QED) is 0.815. The van der Waals surface area contributed by atoms with E-state index in [1.807, 2.05) is 19.9 Å². The van der Waals surface area contributed by atoms with Gasteiger partial charge in [0.25, 0.3) is 5.91 Å². The van der Waals surface area contributed by atoms with E-state index in [0.717, 1.165) is 5.70 Å². The highest BCUT2D eigenvalue weighted by molar-refractivity contribution is 6.40. The first-order valence-corrected chi connectivity index (χ1v) is 6.52. The van der Waals surface area contributed by atoms with Crippen molar-refractivity contribution in [3.05, 3.63) is 39.0 Å². The number of carbonyl (C=O) groups excluding carboxylic acids is 1. The van der Waals surface area contributed by atoms with Crippen molar-refractivity contribution in [2.75, 3.05) is 6.61 Å². The van der Waals surface area contributed by atoms with Crippen LogP contribution >= 0.6 is 34.8 Å². The van der Waals surface area contributed by atoms with Crippen LogP contribution in [0, 0.1) is 0 Å². The molecule has 0 unspecified atom stereocenters. The van der Waals surface area contributed by atoms with Crippen molar-refractivity contribution in [1.82, 2.24) is 10.9 Å². The number of nitrogens with one attached hydrogen (secondary N) is 2. The minimum atomic E-state index is -0.358. The molecule has 104 valence electrons. The molecule has 1 aromatic rings. The smallest absolute Gasteiger partial charge is 0.276 e. The Bertz CT molecular complexity index is 481. The second-order valence-electron chi connectivity index (χ2n) is 3.63. The molecule has 19 heavy (non-hydrogen) atoms. The Kier molecular flexibility index (Phi) is 6.28. The summed E-state index contributed by atoms with van der Waals surface area (Å²) in [4.78, 5) is 11.5. The van der Waals surface area contributed by atoms with Crippen molar-refractivity contribution in [2.24, 2.45) is 0 Å². The molecule has 0 spiro atoms. The molecular formula is C12H13Cl3N2O2. The fourth-order valence-corrected chi connectivity index (χ4v) is 2.01. The van der Waals surface area contributed by atoms with Gasteiger partial charge in [-0.15, -0.1) is 0 Å². The van der Waals surface area contributed by atoms with Crippen LogP contribution in [0.3, 0.4) is 0 Å². The van der Waals surface area contributed by atoms with Crippen LogP contribution in [0.15, 0.2) is 23.9 Å². The van der Waals surface area contributed by atoms with Gasteiger partial charge in [0.1, 0.15) is 0 Å². The number of hydrogen-bond acceptors (Lipinski definition) is 3. The van der Waals surface area contributed by atoms with E-state index in [0.29, 0.717) is 5.02 Å². The molecule has 0 saturated carbocycles. The molecule has 0 radical (unpaired) electrons. The molecule has 7 heteroatoms. The highest BCUT2D eigenvalue weighted by atomic mass is 35.5. The van der Waals surface area contributed by atoms with Crippen LogP contribution in [0.25, 0.3) is 0 Å². The summed E-state index contributed by atoms with van der Waals surface area (Å²) in [6.45, 7) is 3.44. The Morgan fingerprint density at radius 1 is 1.26 bits per heavy atom. The number of benzene rings is 1. The summed E-state index contributed by atoms with van der Waals surface area (Å²) < 4.78 is 5.26. The molecule has 1 aromatic carbocycles. The van der Waals surface area contributed by atoms with Gasteiger partial charge in [0.15, 0.2) is 12.4 Å². The van der Waals surface area contributed by atoms with Crippen LogP contribution < -0.4 is 15.6 Å². The standard InChI is InChI=1S/C12H13Cl3N2O2/c1-3-7(2)16-17-11(18)6-19-12-9(14)4-8(13)5-10(12)15/h3-5,16H,6H2,1-2H3,(H,17,18). The molecule has 0 aromatic heterocycles. The van der Waals surface area contributed by atoms with Crippen LogP contribution in [-0.4, -0.2) is 12.5 Å². The molecule has 1 amide bonds. The fourth-order valence-electron chi connectivity index (χ4n) is 1.08. The number of rotatable bonds is 5. The first kappa shape index (κ1) is 16.0. The van der Waals surface area contributed by atoms with Crippen molar-refractivity contribution >= 4 is 40.7 Å². The highest BCUT2D eigenvalue weighted by Gasteiger charge is 2.11.